The van der Waals surface area contributed by atoms with E-state index in [0.717, 1.165) is 43.9 Å². The van der Waals surface area contributed by atoms with Gasteiger partial charge in [0.2, 0.25) is 0 Å². The molecular formula is C20H24Br2N4S2. The van der Waals surface area contributed by atoms with Crippen LogP contribution in [0.5, 0.6) is 0 Å². The van der Waals surface area contributed by atoms with Gasteiger partial charge in [0.1, 0.15) is 0 Å². The number of fused-ring (bicyclic) bond motifs is 2. The fraction of sp³-hybridized carbons (Fsp3) is 0.300. The number of para-hydroxylation sites is 4. The number of hydrogen-bond donors (Lipinski definition) is 2. The zero-order chi connectivity index (χ0) is 17.6. The Morgan fingerprint density at radius 1 is 0.607 bits per heavy atom. The number of imidazole rings is 2. The molecule has 0 aliphatic carbocycles. The Morgan fingerprint density at radius 3 is 1.46 bits per heavy atom. The molecule has 4 rings (SSSR count). The van der Waals surface area contributed by atoms with Crippen LogP contribution in [0.25, 0.3) is 22.1 Å². The third-order valence-electron chi connectivity index (χ3n) is 4.25. The monoisotopic (exact) mass is 542 g/mol. The van der Waals surface area contributed by atoms with Crippen LogP contribution in [0.2, 0.25) is 0 Å². The molecule has 0 saturated carbocycles. The van der Waals surface area contributed by atoms with Gasteiger partial charge in [-0.2, -0.15) is 0 Å². The number of aromatic nitrogens is 4. The molecule has 0 spiro atoms. The number of nitrogens with zero attached hydrogens (tertiary/aromatic N) is 2. The third kappa shape index (κ3) is 6.27. The predicted molar refractivity (Wildman–Crippen MR) is 133 cm³/mol. The summed E-state index contributed by atoms with van der Waals surface area (Å²) in [6.45, 7) is 0. The van der Waals surface area contributed by atoms with Crippen LogP contribution in [0.3, 0.4) is 0 Å². The smallest absolute Gasteiger partial charge is 0.166 e. The zero-order valence-corrected chi connectivity index (χ0v) is 20.4. The summed E-state index contributed by atoms with van der Waals surface area (Å²) in [5.74, 6) is 2.24. The van der Waals surface area contributed by atoms with E-state index in [1.165, 1.54) is 25.7 Å². The van der Waals surface area contributed by atoms with E-state index in [-0.39, 0.29) is 34.0 Å². The first-order valence-electron chi connectivity index (χ1n) is 9.03. The topological polar surface area (TPSA) is 57.4 Å². The Kier molecular flexibility index (Phi) is 9.91. The van der Waals surface area contributed by atoms with Gasteiger partial charge in [0.15, 0.2) is 10.3 Å². The van der Waals surface area contributed by atoms with Crippen LogP contribution in [0.4, 0.5) is 0 Å². The fourth-order valence-corrected chi connectivity index (χ4v) is 4.66. The van der Waals surface area contributed by atoms with Crippen molar-refractivity contribution in [1.29, 1.82) is 0 Å². The van der Waals surface area contributed by atoms with E-state index in [9.17, 15) is 0 Å². The van der Waals surface area contributed by atoms with Crippen LogP contribution in [-0.2, 0) is 0 Å². The van der Waals surface area contributed by atoms with Crippen molar-refractivity contribution in [2.24, 2.45) is 0 Å². The van der Waals surface area contributed by atoms with Gasteiger partial charge < -0.3 is 9.97 Å². The van der Waals surface area contributed by atoms with E-state index in [0.29, 0.717) is 0 Å². The second kappa shape index (κ2) is 11.9. The lowest BCUT2D eigenvalue weighted by molar-refractivity contribution is 0.710. The third-order valence-corrected chi connectivity index (χ3v) is 6.17. The van der Waals surface area contributed by atoms with E-state index in [4.69, 9.17) is 0 Å². The van der Waals surface area contributed by atoms with Crippen molar-refractivity contribution < 1.29 is 0 Å². The first-order chi connectivity index (χ1) is 12.9. The minimum Gasteiger partial charge on any atom is -0.333 e. The summed E-state index contributed by atoms with van der Waals surface area (Å²) in [5, 5.41) is 2.07. The molecule has 0 bridgehead atoms. The lowest BCUT2D eigenvalue weighted by Gasteiger charge is -2.00. The summed E-state index contributed by atoms with van der Waals surface area (Å²) >= 11 is 3.64. The van der Waals surface area contributed by atoms with Crippen molar-refractivity contribution in [2.45, 2.75) is 36.0 Å². The molecule has 0 radical (unpaired) electrons. The molecule has 4 aromatic rings. The van der Waals surface area contributed by atoms with E-state index in [1.807, 2.05) is 47.8 Å². The molecule has 0 atom stereocenters. The molecule has 2 aromatic heterocycles. The number of nitrogens with one attached hydrogen (secondary N) is 2. The maximum Gasteiger partial charge on any atom is 0.166 e. The van der Waals surface area contributed by atoms with Crippen molar-refractivity contribution >= 4 is 79.6 Å². The summed E-state index contributed by atoms with van der Waals surface area (Å²) in [5.41, 5.74) is 4.35. The van der Waals surface area contributed by atoms with Gasteiger partial charge in [0.25, 0.3) is 0 Å². The van der Waals surface area contributed by atoms with Crippen LogP contribution in [0.1, 0.15) is 25.7 Å². The number of H-pyrrole nitrogens is 2. The molecule has 0 fully saturated rings. The molecule has 8 heteroatoms. The van der Waals surface area contributed by atoms with Crippen LogP contribution >= 0.6 is 57.5 Å². The van der Waals surface area contributed by atoms with E-state index in [1.54, 1.807) is 0 Å². The first kappa shape index (κ1) is 23.3. The number of unbranched alkanes of at least 4 members (excludes halogenated alkanes) is 3. The Hall–Kier alpha value is -0.960. The molecule has 2 heterocycles. The SMILES string of the molecule is Br.Br.c1ccc2[nH]c(SCCCCCCSc3nc4ccccc4[nH]3)nc2c1. The Labute approximate surface area is 194 Å². The highest BCUT2D eigenvalue weighted by atomic mass is 79.9. The van der Waals surface area contributed by atoms with Crippen molar-refractivity contribution in [1.82, 2.24) is 19.9 Å². The molecule has 2 N–H and O–H groups in total. The summed E-state index contributed by atoms with van der Waals surface area (Å²) < 4.78 is 0. The number of rotatable bonds is 9. The predicted octanol–water partition coefficient (Wildman–Crippen LogP) is 7.04. The zero-order valence-electron chi connectivity index (χ0n) is 15.4. The van der Waals surface area contributed by atoms with Crippen molar-refractivity contribution in [3.8, 4) is 0 Å². The van der Waals surface area contributed by atoms with E-state index >= 15 is 0 Å². The quantitative estimate of drug-likeness (QED) is 0.175. The van der Waals surface area contributed by atoms with Gasteiger partial charge in [-0.15, -0.1) is 34.0 Å². The standard InChI is InChI=1S/C20H22N4S2.2BrH/c1(7-13-25-19-21-15-9-3-4-10-16(15)22-19)2-8-14-26-20-23-17-11-5-6-12-18(17)24-20;;/h3-6,9-12H,1-2,7-8,13-14H2,(H,21,22)(H,23,24);2*1H. The van der Waals surface area contributed by atoms with E-state index < -0.39 is 0 Å². The number of hydrogen-bond acceptors (Lipinski definition) is 4. The van der Waals surface area contributed by atoms with Gasteiger partial charge in [0, 0.05) is 11.5 Å². The average molecular weight is 544 g/mol. The Morgan fingerprint density at radius 2 is 1.04 bits per heavy atom. The van der Waals surface area contributed by atoms with Crippen molar-refractivity contribution in [3.63, 3.8) is 0 Å². The summed E-state index contributed by atoms with van der Waals surface area (Å²) in [7, 11) is 0. The number of aromatic amines is 2. The molecule has 0 aliphatic heterocycles. The second-order valence-corrected chi connectivity index (χ2v) is 8.40. The molecule has 0 aliphatic rings. The number of halogens is 2. The number of thioether (sulfide) groups is 2. The molecule has 150 valence electrons. The summed E-state index contributed by atoms with van der Waals surface area (Å²) in [4.78, 5) is 16.0. The average Bonchev–Trinajstić information content (AvgIpc) is 3.26. The highest BCUT2D eigenvalue weighted by Crippen LogP contribution is 2.22. The maximum atomic E-state index is 4.61. The molecule has 4 nitrogen and oxygen atoms in total. The minimum atomic E-state index is 0. The molecule has 2 aromatic carbocycles. The Bertz CT molecular complexity index is 840. The molecule has 28 heavy (non-hydrogen) atoms. The largest absolute Gasteiger partial charge is 0.333 e. The van der Waals surface area contributed by atoms with Gasteiger partial charge in [0.05, 0.1) is 22.1 Å². The molecule has 0 saturated heterocycles. The molecule has 0 amide bonds. The summed E-state index contributed by atoms with van der Waals surface area (Å²) in [6.07, 6.45) is 5.01. The van der Waals surface area contributed by atoms with Crippen LogP contribution < -0.4 is 0 Å². The maximum absolute atomic E-state index is 4.61. The van der Waals surface area contributed by atoms with Gasteiger partial charge in [-0.25, -0.2) is 9.97 Å². The van der Waals surface area contributed by atoms with Gasteiger partial charge in [-0.05, 0) is 37.1 Å². The van der Waals surface area contributed by atoms with Crippen LogP contribution in [0, 0.1) is 0 Å². The Balaban J connectivity index is 0.00000140. The van der Waals surface area contributed by atoms with Gasteiger partial charge in [-0.3, -0.25) is 0 Å². The van der Waals surface area contributed by atoms with Crippen molar-refractivity contribution in [2.75, 3.05) is 11.5 Å². The molecular weight excluding hydrogens is 520 g/mol. The van der Waals surface area contributed by atoms with Crippen LogP contribution in [-0.4, -0.2) is 31.4 Å². The highest BCUT2D eigenvalue weighted by molar-refractivity contribution is 8.93. The fourth-order valence-electron chi connectivity index (χ4n) is 2.89. The van der Waals surface area contributed by atoms with Crippen molar-refractivity contribution in [3.05, 3.63) is 48.5 Å². The lowest BCUT2D eigenvalue weighted by atomic mass is 10.2. The van der Waals surface area contributed by atoms with E-state index in [2.05, 4.69) is 44.2 Å². The first-order valence-corrected chi connectivity index (χ1v) is 11.0. The van der Waals surface area contributed by atoms with Gasteiger partial charge in [-0.1, -0.05) is 60.6 Å². The van der Waals surface area contributed by atoms with Crippen LogP contribution in [0.15, 0.2) is 58.8 Å². The summed E-state index contributed by atoms with van der Waals surface area (Å²) in [6, 6.07) is 16.4. The normalized spacial score (nSPS) is 10.7. The lowest BCUT2D eigenvalue weighted by Crippen LogP contribution is -1.86. The number of benzene rings is 2. The molecule has 0 unspecified atom stereocenters. The second-order valence-electron chi connectivity index (χ2n) is 6.23. The minimum absolute atomic E-state index is 0. The highest BCUT2D eigenvalue weighted by Gasteiger charge is 2.03. The van der Waals surface area contributed by atoms with Gasteiger partial charge >= 0.3 is 0 Å².